The van der Waals surface area contributed by atoms with Crippen LogP contribution in [0.5, 0.6) is 0 Å². The summed E-state index contributed by atoms with van der Waals surface area (Å²) in [5.74, 6) is 1.70. The fourth-order valence-electron chi connectivity index (χ4n) is 2.71. The van der Waals surface area contributed by atoms with Crippen molar-refractivity contribution >= 4 is 5.82 Å². The Balaban J connectivity index is 1.62. The zero-order chi connectivity index (χ0) is 11.5. The summed E-state index contributed by atoms with van der Waals surface area (Å²) in [7, 11) is 0. The molecular weight excluding hydrogens is 212 g/mol. The molecule has 4 nitrogen and oxygen atoms in total. The van der Waals surface area contributed by atoms with Crippen LogP contribution in [0.1, 0.15) is 30.5 Å². The van der Waals surface area contributed by atoms with Gasteiger partial charge in [-0.25, -0.2) is 0 Å². The Morgan fingerprint density at radius 3 is 3.12 bits per heavy atom. The summed E-state index contributed by atoms with van der Waals surface area (Å²) in [4.78, 5) is 0. The molecule has 1 aromatic rings. The number of aromatic nitrogens is 2. The third-order valence-corrected chi connectivity index (χ3v) is 3.80. The first-order valence-electron chi connectivity index (χ1n) is 6.72. The van der Waals surface area contributed by atoms with Gasteiger partial charge in [0.1, 0.15) is 5.82 Å². The van der Waals surface area contributed by atoms with Gasteiger partial charge in [-0.3, -0.25) is 0 Å². The van der Waals surface area contributed by atoms with Crippen LogP contribution in [0.25, 0.3) is 0 Å². The van der Waals surface area contributed by atoms with Crippen LogP contribution in [0.4, 0.5) is 5.82 Å². The number of anilines is 1. The van der Waals surface area contributed by atoms with Crippen LogP contribution >= 0.6 is 0 Å². The van der Waals surface area contributed by atoms with Crippen LogP contribution in [0, 0.1) is 5.92 Å². The van der Waals surface area contributed by atoms with Gasteiger partial charge < -0.3 is 10.6 Å². The maximum atomic E-state index is 4.34. The van der Waals surface area contributed by atoms with Crippen molar-refractivity contribution in [1.29, 1.82) is 0 Å². The molecule has 0 saturated carbocycles. The van der Waals surface area contributed by atoms with Gasteiger partial charge in [0.15, 0.2) is 0 Å². The highest BCUT2D eigenvalue weighted by molar-refractivity contribution is 5.39. The zero-order valence-corrected chi connectivity index (χ0v) is 10.2. The number of nitrogens with zero attached hydrogens (tertiary/aromatic N) is 2. The summed E-state index contributed by atoms with van der Waals surface area (Å²) >= 11 is 0. The highest BCUT2D eigenvalue weighted by atomic mass is 15.2. The van der Waals surface area contributed by atoms with E-state index in [0.29, 0.717) is 0 Å². The van der Waals surface area contributed by atoms with E-state index in [-0.39, 0.29) is 0 Å². The first-order valence-corrected chi connectivity index (χ1v) is 6.72. The van der Waals surface area contributed by atoms with E-state index in [1.54, 1.807) is 0 Å². The summed E-state index contributed by atoms with van der Waals surface area (Å²) in [6.45, 7) is 3.30. The molecule has 0 spiro atoms. The number of fused-ring (bicyclic) bond motifs is 1. The van der Waals surface area contributed by atoms with Gasteiger partial charge in [0, 0.05) is 6.54 Å². The van der Waals surface area contributed by atoms with E-state index in [4.69, 9.17) is 0 Å². The van der Waals surface area contributed by atoms with Gasteiger partial charge in [-0.15, -0.1) is 5.10 Å². The predicted molar refractivity (Wildman–Crippen MR) is 68.1 cm³/mol. The minimum absolute atomic E-state index is 0.743. The molecule has 2 aliphatic rings. The lowest BCUT2D eigenvalue weighted by atomic mass is 9.97. The molecule has 1 fully saturated rings. The predicted octanol–water partition coefficient (Wildman–Crippen LogP) is 1.38. The summed E-state index contributed by atoms with van der Waals surface area (Å²) < 4.78 is 0. The van der Waals surface area contributed by atoms with Crippen LogP contribution in [-0.2, 0) is 12.8 Å². The standard InChI is InChI=1S/C13H20N4/c1-2-4-12-11(3-1)7-13(17-16-12)15-9-10-5-6-14-8-10/h7,10,14H,1-6,8-9H2,(H,15,17). The van der Waals surface area contributed by atoms with E-state index < -0.39 is 0 Å². The van der Waals surface area contributed by atoms with Crippen molar-refractivity contribution in [2.45, 2.75) is 32.1 Å². The largest absolute Gasteiger partial charge is 0.368 e. The second-order valence-corrected chi connectivity index (χ2v) is 5.15. The maximum absolute atomic E-state index is 4.34. The Hall–Kier alpha value is -1.16. The van der Waals surface area contributed by atoms with Gasteiger partial charge in [-0.2, -0.15) is 5.10 Å². The number of nitrogens with one attached hydrogen (secondary N) is 2. The molecule has 17 heavy (non-hydrogen) atoms. The average Bonchev–Trinajstić information content (AvgIpc) is 2.89. The lowest BCUT2D eigenvalue weighted by molar-refractivity contribution is 0.611. The lowest BCUT2D eigenvalue weighted by Gasteiger charge is -2.16. The molecule has 1 aliphatic heterocycles. The first-order chi connectivity index (χ1) is 8.42. The molecule has 2 N–H and O–H groups in total. The lowest BCUT2D eigenvalue weighted by Crippen LogP contribution is -2.18. The maximum Gasteiger partial charge on any atom is 0.148 e. The zero-order valence-electron chi connectivity index (χ0n) is 10.2. The second kappa shape index (κ2) is 5.00. The Bertz CT molecular complexity index is 385. The van der Waals surface area contributed by atoms with Gasteiger partial charge >= 0.3 is 0 Å². The fraction of sp³-hybridized carbons (Fsp3) is 0.692. The first kappa shape index (κ1) is 11.0. The van der Waals surface area contributed by atoms with Crippen LogP contribution in [0.3, 0.4) is 0 Å². The molecule has 4 heteroatoms. The highest BCUT2D eigenvalue weighted by Crippen LogP contribution is 2.20. The van der Waals surface area contributed by atoms with E-state index in [0.717, 1.165) is 37.8 Å². The van der Waals surface area contributed by atoms with E-state index in [2.05, 4.69) is 26.9 Å². The SMILES string of the molecule is c1c(NCC2CCNC2)nnc2c1CCCC2. The molecule has 0 radical (unpaired) electrons. The number of rotatable bonds is 3. The fourth-order valence-corrected chi connectivity index (χ4v) is 2.71. The van der Waals surface area contributed by atoms with Crippen LogP contribution in [0.15, 0.2) is 6.07 Å². The topological polar surface area (TPSA) is 49.8 Å². The Kier molecular flexibility index (Phi) is 3.22. The smallest absolute Gasteiger partial charge is 0.148 e. The molecule has 1 unspecified atom stereocenters. The quantitative estimate of drug-likeness (QED) is 0.826. The number of hydrogen-bond acceptors (Lipinski definition) is 4. The van der Waals surface area contributed by atoms with Crippen molar-refractivity contribution in [3.05, 3.63) is 17.3 Å². The van der Waals surface area contributed by atoms with Gasteiger partial charge in [0.05, 0.1) is 5.69 Å². The Morgan fingerprint density at radius 2 is 2.24 bits per heavy atom. The van der Waals surface area contributed by atoms with Crippen molar-refractivity contribution < 1.29 is 0 Å². The van der Waals surface area contributed by atoms with Crippen LogP contribution < -0.4 is 10.6 Å². The third kappa shape index (κ3) is 2.57. The molecule has 0 aromatic carbocycles. The number of hydrogen-bond donors (Lipinski definition) is 2. The van der Waals surface area contributed by atoms with Crippen molar-refractivity contribution in [2.75, 3.05) is 25.0 Å². The minimum atomic E-state index is 0.743. The van der Waals surface area contributed by atoms with E-state index in [9.17, 15) is 0 Å². The molecule has 0 bridgehead atoms. The van der Waals surface area contributed by atoms with Gasteiger partial charge in [0.25, 0.3) is 0 Å². The molecule has 92 valence electrons. The molecule has 2 heterocycles. The third-order valence-electron chi connectivity index (χ3n) is 3.80. The summed E-state index contributed by atoms with van der Waals surface area (Å²) in [6, 6.07) is 2.20. The summed E-state index contributed by atoms with van der Waals surface area (Å²) in [6.07, 6.45) is 6.11. The summed E-state index contributed by atoms with van der Waals surface area (Å²) in [5, 5.41) is 15.4. The van der Waals surface area contributed by atoms with E-state index in [1.165, 1.54) is 36.9 Å². The highest BCUT2D eigenvalue weighted by Gasteiger charge is 2.15. The van der Waals surface area contributed by atoms with E-state index in [1.807, 2.05) is 0 Å². The average molecular weight is 232 g/mol. The summed E-state index contributed by atoms with van der Waals surface area (Å²) in [5.41, 5.74) is 2.61. The van der Waals surface area contributed by atoms with Crippen molar-refractivity contribution in [3.8, 4) is 0 Å². The molecule has 1 saturated heterocycles. The van der Waals surface area contributed by atoms with Crippen LogP contribution in [0.2, 0.25) is 0 Å². The molecule has 0 amide bonds. The monoisotopic (exact) mass is 232 g/mol. The molecule has 3 rings (SSSR count). The Labute approximate surface area is 102 Å². The van der Waals surface area contributed by atoms with Gasteiger partial charge in [-0.05, 0) is 62.7 Å². The molecular formula is C13H20N4. The van der Waals surface area contributed by atoms with Crippen molar-refractivity contribution in [2.24, 2.45) is 5.92 Å². The van der Waals surface area contributed by atoms with Crippen molar-refractivity contribution in [1.82, 2.24) is 15.5 Å². The number of aryl methyl sites for hydroxylation is 2. The minimum Gasteiger partial charge on any atom is -0.368 e. The molecule has 1 atom stereocenters. The van der Waals surface area contributed by atoms with Gasteiger partial charge in [0.2, 0.25) is 0 Å². The molecule has 1 aliphatic carbocycles. The van der Waals surface area contributed by atoms with Gasteiger partial charge in [-0.1, -0.05) is 0 Å². The van der Waals surface area contributed by atoms with Crippen molar-refractivity contribution in [3.63, 3.8) is 0 Å². The van der Waals surface area contributed by atoms with E-state index >= 15 is 0 Å². The second-order valence-electron chi connectivity index (χ2n) is 5.15. The Morgan fingerprint density at radius 1 is 1.29 bits per heavy atom. The normalized spacial score (nSPS) is 23.4. The molecule has 1 aromatic heterocycles. The van der Waals surface area contributed by atoms with Crippen LogP contribution in [-0.4, -0.2) is 29.8 Å².